The van der Waals surface area contributed by atoms with Gasteiger partial charge in [0.1, 0.15) is 0 Å². The Morgan fingerprint density at radius 2 is 2.26 bits per heavy atom. The first-order valence-corrected chi connectivity index (χ1v) is 6.83. The summed E-state index contributed by atoms with van der Waals surface area (Å²) in [7, 11) is 0. The molecule has 0 saturated heterocycles. The molecule has 0 aliphatic carbocycles. The summed E-state index contributed by atoms with van der Waals surface area (Å²) in [6.45, 7) is 5.82. The molecule has 0 spiro atoms. The molecule has 0 aliphatic rings. The smallest absolute Gasteiger partial charge is 0.165 e. The number of nitrogens with zero attached hydrogens (tertiary/aromatic N) is 4. The van der Waals surface area contributed by atoms with Crippen molar-refractivity contribution in [2.45, 2.75) is 32.9 Å². The number of halogens is 1. The van der Waals surface area contributed by atoms with Gasteiger partial charge in [0.05, 0.1) is 12.6 Å². The van der Waals surface area contributed by atoms with E-state index in [0.29, 0.717) is 6.54 Å². The topological polar surface area (TPSA) is 55.6 Å². The van der Waals surface area contributed by atoms with Crippen molar-refractivity contribution >= 4 is 11.6 Å². The fourth-order valence-corrected chi connectivity index (χ4v) is 2.11. The maximum Gasteiger partial charge on any atom is 0.165 e. The molecule has 0 radical (unpaired) electrons. The minimum atomic E-state index is 0.0622. The Bertz CT molecular complexity index is 525. The normalized spacial score (nSPS) is 12.6. The van der Waals surface area contributed by atoms with Gasteiger partial charge < -0.3 is 5.32 Å². The van der Waals surface area contributed by atoms with Crippen molar-refractivity contribution in [1.29, 1.82) is 0 Å². The second-order valence-electron chi connectivity index (χ2n) is 4.45. The van der Waals surface area contributed by atoms with Crippen LogP contribution in [0.2, 0.25) is 5.02 Å². The van der Waals surface area contributed by atoms with Crippen LogP contribution in [-0.4, -0.2) is 26.8 Å². The molecule has 1 heterocycles. The van der Waals surface area contributed by atoms with Gasteiger partial charge in [0.25, 0.3) is 0 Å². The molecule has 1 unspecified atom stereocenters. The molecule has 19 heavy (non-hydrogen) atoms. The van der Waals surface area contributed by atoms with Crippen LogP contribution in [0.15, 0.2) is 24.3 Å². The van der Waals surface area contributed by atoms with Gasteiger partial charge in [0, 0.05) is 5.02 Å². The van der Waals surface area contributed by atoms with Crippen LogP contribution in [0.25, 0.3) is 0 Å². The van der Waals surface area contributed by atoms with E-state index in [1.54, 1.807) is 0 Å². The number of nitrogens with one attached hydrogen (secondary N) is 1. The van der Waals surface area contributed by atoms with Crippen LogP contribution in [-0.2, 0) is 6.54 Å². The van der Waals surface area contributed by atoms with E-state index in [4.69, 9.17) is 11.6 Å². The summed E-state index contributed by atoms with van der Waals surface area (Å²) < 4.78 is 1.83. The SMILES string of the molecule is CCCNCc1nnnn1C(C)c1cccc(Cl)c1. The van der Waals surface area contributed by atoms with E-state index in [-0.39, 0.29) is 6.04 Å². The average molecular weight is 280 g/mol. The van der Waals surface area contributed by atoms with E-state index in [0.717, 1.165) is 29.4 Å². The third-order valence-corrected chi connectivity index (χ3v) is 3.20. The number of hydrogen-bond donors (Lipinski definition) is 1. The van der Waals surface area contributed by atoms with E-state index in [1.165, 1.54) is 0 Å². The Morgan fingerprint density at radius 3 is 3.00 bits per heavy atom. The fraction of sp³-hybridized carbons (Fsp3) is 0.462. The molecular formula is C13H18ClN5. The van der Waals surface area contributed by atoms with E-state index >= 15 is 0 Å². The largest absolute Gasteiger partial charge is 0.310 e. The number of tetrazole rings is 1. The molecule has 2 rings (SSSR count). The summed E-state index contributed by atoms with van der Waals surface area (Å²) in [5, 5.41) is 15.9. The van der Waals surface area contributed by atoms with E-state index < -0.39 is 0 Å². The highest BCUT2D eigenvalue weighted by Crippen LogP contribution is 2.20. The molecule has 0 amide bonds. The van der Waals surface area contributed by atoms with Crippen LogP contribution in [0, 0.1) is 0 Å². The quantitative estimate of drug-likeness (QED) is 0.825. The summed E-state index contributed by atoms with van der Waals surface area (Å²) in [6.07, 6.45) is 1.09. The van der Waals surface area contributed by atoms with Crippen molar-refractivity contribution in [2.75, 3.05) is 6.54 Å². The lowest BCUT2D eigenvalue weighted by molar-refractivity contribution is 0.505. The summed E-state index contributed by atoms with van der Waals surface area (Å²) in [6, 6.07) is 7.83. The molecule has 102 valence electrons. The Balaban J connectivity index is 2.15. The van der Waals surface area contributed by atoms with E-state index in [9.17, 15) is 0 Å². The summed E-state index contributed by atoms with van der Waals surface area (Å²) in [5.41, 5.74) is 1.09. The highest BCUT2D eigenvalue weighted by molar-refractivity contribution is 6.30. The summed E-state index contributed by atoms with van der Waals surface area (Å²) in [5.74, 6) is 0.834. The zero-order valence-corrected chi connectivity index (χ0v) is 11.9. The third-order valence-electron chi connectivity index (χ3n) is 2.97. The van der Waals surface area contributed by atoms with E-state index in [1.807, 2.05) is 28.9 Å². The zero-order chi connectivity index (χ0) is 13.7. The van der Waals surface area contributed by atoms with Crippen LogP contribution in [0.1, 0.15) is 37.7 Å². The van der Waals surface area contributed by atoms with Crippen LogP contribution < -0.4 is 5.32 Å². The van der Waals surface area contributed by atoms with Gasteiger partial charge in [-0.1, -0.05) is 30.7 Å². The molecular weight excluding hydrogens is 262 g/mol. The molecule has 0 aliphatic heterocycles. The van der Waals surface area contributed by atoms with Gasteiger partial charge in [-0.25, -0.2) is 4.68 Å². The van der Waals surface area contributed by atoms with Gasteiger partial charge in [-0.15, -0.1) is 5.10 Å². The highest BCUT2D eigenvalue weighted by atomic mass is 35.5. The van der Waals surface area contributed by atoms with Gasteiger partial charge in [0.15, 0.2) is 5.82 Å². The second kappa shape index (κ2) is 6.63. The molecule has 0 saturated carbocycles. The molecule has 5 nitrogen and oxygen atoms in total. The monoisotopic (exact) mass is 279 g/mol. The Hall–Kier alpha value is -1.46. The Kier molecular flexibility index (Phi) is 4.87. The predicted molar refractivity (Wildman–Crippen MR) is 75.1 cm³/mol. The number of benzene rings is 1. The minimum absolute atomic E-state index is 0.0622. The van der Waals surface area contributed by atoms with E-state index in [2.05, 4.69) is 34.7 Å². The standard InChI is InChI=1S/C13H18ClN5/c1-3-7-15-9-13-16-17-18-19(13)10(2)11-5-4-6-12(14)8-11/h4-6,8,10,15H,3,7,9H2,1-2H3. The Morgan fingerprint density at radius 1 is 1.42 bits per heavy atom. The average Bonchev–Trinajstić information content (AvgIpc) is 2.86. The van der Waals surface area contributed by atoms with Crippen LogP contribution in [0.4, 0.5) is 0 Å². The minimum Gasteiger partial charge on any atom is -0.310 e. The zero-order valence-electron chi connectivity index (χ0n) is 11.2. The van der Waals surface area contributed by atoms with Crippen LogP contribution in [0.5, 0.6) is 0 Å². The lowest BCUT2D eigenvalue weighted by Gasteiger charge is -2.14. The lowest BCUT2D eigenvalue weighted by atomic mass is 10.1. The Labute approximate surface area is 118 Å². The molecule has 1 aromatic heterocycles. The molecule has 6 heteroatoms. The maximum atomic E-state index is 6.02. The van der Waals surface area contributed by atoms with Crippen molar-refractivity contribution in [1.82, 2.24) is 25.5 Å². The first-order chi connectivity index (χ1) is 9.22. The molecule has 0 fully saturated rings. The fourth-order valence-electron chi connectivity index (χ4n) is 1.91. The van der Waals surface area contributed by atoms with Gasteiger partial charge >= 0.3 is 0 Å². The summed E-state index contributed by atoms with van der Waals surface area (Å²) >= 11 is 6.02. The maximum absolute atomic E-state index is 6.02. The number of hydrogen-bond acceptors (Lipinski definition) is 4. The van der Waals surface area contributed by atoms with Crippen molar-refractivity contribution in [3.8, 4) is 0 Å². The van der Waals surface area contributed by atoms with Gasteiger partial charge in [-0.2, -0.15) is 0 Å². The molecule has 1 atom stereocenters. The second-order valence-corrected chi connectivity index (χ2v) is 4.88. The summed E-state index contributed by atoms with van der Waals surface area (Å²) in [4.78, 5) is 0. The number of rotatable bonds is 6. The van der Waals surface area contributed by atoms with Gasteiger partial charge in [-0.05, 0) is 48.0 Å². The van der Waals surface area contributed by atoms with Crippen molar-refractivity contribution in [3.05, 3.63) is 40.7 Å². The van der Waals surface area contributed by atoms with Crippen molar-refractivity contribution < 1.29 is 0 Å². The molecule has 1 N–H and O–H groups in total. The first kappa shape index (κ1) is 14.0. The predicted octanol–water partition coefficient (Wildman–Crippen LogP) is 2.44. The van der Waals surface area contributed by atoms with Crippen molar-refractivity contribution in [3.63, 3.8) is 0 Å². The molecule has 0 bridgehead atoms. The molecule has 2 aromatic rings. The van der Waals surface area contributed by atoms with Gasteiger partial charge in [0.2, 0.25) is 0 Å². The molecule has 1 aromatic carbocycles. The highest BCUT2D eigenvalue weighted by Gasteiger charge is 2.14. The third kappa shape index (κ3) is 3.52. The van der Waals surface area contributed by atoms with Gasteiger partial charge in [-0.3, -0.25) is 0 Å². The van der Waals surface area contributed by atoms with Crippen LogP contribution in [0.3, 0.4) is 0 Å². The van der Waals surface area contributed by atoms with Crippen molar-refractivity contribution in [2.24, 2.45) is 0 Å². The number of aromatic nitrogens is 4. The van der Waals surface area contributed by atoms with Crippen LogP contribution >= 0.6 is 11.6 Å². The lowest BCUT2D eigenvalue weighted by Crippen LogP contribution is -2.20. The first-order valence-electron chi connectivity index (χ1n) is 6.45.